The summed E-state index contributed by atoms with van der Waals surface area (Å²) in [4.78, 5) is 26.4. The van der Waals surface area contributed by atoms with Gasteiger partial charge in [-0.05, 0) is 18.4 Å². The van der Waals surface area contributed by atoms with Crippen molar-refractivity contribution in [2.24, 2.45) is 7.05 Å². The second-order valence-electron chi connectivity index (χ2n) is 6.85. The number of carbonyl (C=O) groups is 1. The summed E-state index contributed by atoms with van der Waals surface area (Å²) in [6, 6.07) is 9.67. The Morgan fingerprint density at radius 2 is 1.96 bits per heavy atom. The summed E-state index contributed by atoms with van der Waals surface area (Å²) in [6.45, 7) is 0.564. The minimum Gasteiger partial charge on any atom is -0.388 e. The third-order valence-corrected chi connectivity index (χ3v) is 4.76. The van der Waals surface area contributed by atoms with E-state index in [-0.39, 0.29) is 24.7 Å². The van der Waals surface area contributed by atoms with Crippen LogP contribution in [-0.4, -0.2) is 42.4 Å². The fourth-order valence-corrected chi connectivity index (χ4v) is 3.34. The molecule has 1 aliphatic rings. The molecule has 134 valence electrons. The van der Waals surface area contributed by atoms with Gasteiger partial charge in [-0.1, -0.05) is 43.2 Å². The van der Waals surface area contributed by atoms with E-state index in [0.29, 0.717) is 19.4 Å². The summed E-state index contributed by atoms with van der Waals surface area (Å²) >= 11 is 0. The molecule has 1 aromatic heterocycles. The number of hydrogen-bond acceptors (Lipinski definition) is 4. The molecule has 0 atom stereocenters. The molecule has 1 N–H and O–H groups in total. The van der Waals surface area contributed by atoms with E-state index in [1.54, 1.807) is 11.9 Å². The minimum atomic E-state index is -0.834. The predicted molar refractivity (Wildman–Crippen MR) is 92.7 cm³/mol. The number of nitrogens with zero attached hydrogens (tertiary/aromatic N) is 4. The van der Waals surface area contributed by atoms with E-state index in [1.165, 1.54) is 10.9 Å². The Kier molecular flexibility index (Phi) is 5.03. The van der Waals surface area contributed by atoms with Crippen LogP contribution < -0.4 is 5.69 Å². The van der Waals surface area contributed by atoms with Crippen molar-refractivity contribution in [3.8, 4) is 0 Å². The van der Waals surface area contributed by atoms with Gasteiger partial charge < -0.3 is 10.0 Å². The van der Waals surface area contributed by atoms with E-state index in [9.17, 15) is 14.7 Å². The minimum absolute atomic E-state index is 0.122. The van der Waals surface area contributed by atoms with Gasteiger partial charge in [-0.15, -0.1) is 0 Å². The summed E-state index contributed by atoms with van der Waals surface area (Å²) in [5.41, 5.74) is -0.169. The number of hydrogen-bond donors (Lipinski definition) is 1. The van der Waals surface area contributed by atoms with Gasteiger partial charge in [0.25, 0.3) is 0 Å². The number of aryl methyl sites for hydroxylation is 1. The SMILES string of the molecule is Cn1cnn(CC(=O)N(Cc2ccccc2)CC2(O)CCCC2)c1=O. The van der Waals surface area contributed by atoms with Crippen molar-refractivity contribution in [2.45, 2.75) is 44.4 Å². The topological polar surface area (TPSA) is 80.4 Å². The zero-order chi connectivity index (χ0) is 17.9. The van der Waals surface area contributed by atoms with E-state index < -0.39 is 5.60 Å². The first-order chi connectivity index (χ1) is 12.0. The fourth-order valence-electron chi connectivity index (χ4n) is 3.34. The number of amides is 1. The second kappa shape index (κ2) is 7.23. The van der Waals surface area contributed by atoms with Crippen molar-refractivity contribution < 1.29 is 9.90 Å². The number of aromatic nitrogens is 3. The highest BCUT2D eigenvalue weighted by atomic mass is 16.3. The average molecular weight is 344 g/mol. The second-order valence-corrected chi connectivity index (χ2v) is 6.85. The molecule has 0 aliphatic heterocycles. The van der Waals surface area contributed by atoms with Crippen LogP contribution in [0.4, 0.5) is 0 Å². The molecule has 0 spiro atoms. The van der Waals surface area contributed by atoms with Gasteiger partial charge in [0.1, 0.15) is 12.9 Å². The molecule has 0 radical (unpaired) electrons. The van der Waals surface area contributed by atoms with Crippen LogP contribution in [-0.2, 0) is 24.9 Å². The molecule has 0 saturated heterocycles. The van der Waals surface area contributed by atoms with Gasteiger partial charge in [0.2, 0.25) is 5.91 Å². The Labute approximate surface area is 146 Å². The summed E-state index contributed by atoms with van der Waals surface area (Å²) in [5.74, 6) is -0.218. The first-order valence-corrected chi connectivity index (χ1v) is 8.59. The quantitative estimate of drug-likeness (QED) is 0.845. The molecule has 1 amide bonds. The molecule has 1 heterocycles. The van der Waals surface area contributed by atoms with E-state index in [1.807, 2.05) is 30.3 Å². The van der Waals surface area contributed by atoms with Crippen LogP contribution in [0.25, 0.3) is 0 Å². The molecule has 25 heavy (non-hydrogen) atoms. The lowest BCUT2D eigenvalue weighted by molar-refractivity contribution is -0.136. The molecule has 1 fully saturated rings. The Balaban J connectivity index is 1.78. The summed E-state index contributed by atoms with van der Waals surface area (Å²) in [5, 5.41) is 14.7. The molecule has 1 aromatic carbocycles. The van der Waals surface area contributed by atoms with Crippen molar-refractivity contribution in [3.63, 3.8) is 0 Å². The van der Waals surface area contributed by atoms with E-state index in [2.05, 4.69) is 5.10 Å². The first kappa shape index (κ1) is 17.4. The number of aliphatic hydroxyl groups is 1. The maximum Gasteiger partial charge on any atom is 0.345 e. The lowest BCUT2D eigenvalue weighted by Gasteiger charge is -2.31. The standard InChI is InChI=1S/C18H24N4O3/c1-20-14-19-22(17(20)24)12-16(23)21(11-15-7-3-2-4-8-15)13-18(25)9-5-6-10-18/h2-4,7-8,14,25H,5-6,9-13H2,1H3. The molecule has 7 heteroatoms. The van der Waals surface area contributed by atoms with Crippen molar-refractivity contribution >= 4 is 5.91 Å². The third kappa shape index (κ3) is 4.17. The zero-order valence-corrected chi connectivity index (χ0v) is 14.5. The average Bonchev–Trinajstić information content (AvgIpc) is 3.16. The van der Waals surface area contributed by atoms with Crippen LogP contribution in [0.2, 0.25) is 0 Å². The molecular weight excluding hydrogens is 320 g/mol. The van der Waals surface area contributed by atoms with Gasteiger partial charge in [0, 0.05) is 20.1 Å². The number of benzene rings is 1. The maximum atomic E-state index is 12.8. The molecule has 2 aromatic rings. The fraction of sp³-hybridized carbons (Fsp3) is 0.500. The lowest BCUT2D eigenvalue weighted by Crippen LogP contribution is -2.45. The van der Waals surface area contributed by atoms with Gasteiger partial charge in [0.15, 0.2) is 0 Å². The Bertz CT molecular complexity index is 775. The maximum absolute atomic E-state index is 12.8. The van der Waals surface area contributed by atoms with Crippen LogP contribution in [0.1, 0.15) is 31.2 Å². The van der Waals surface area contributed by atoms with Crippen LogP contribution in [0.3, 0.4) is 0 Å². The normalized spacial score (nSPS) is 16.1. The van der Waals surface area contributed by atoms with Gasteiger partial charge in [-0.25, -0.2) is 9.48 Å². The lowest BCUT2D eigenvalue weighted by atomic mass is 10.0. The van der Waals surface area contributed by atoms with Gasteiger partial charge in [-0.2, -0.15) is 5.10 Å². The van der Waals surface area contributed by atoms with Gasteiger partial charge in [-0.3, -0.25) is 9.36 Å². The largest absolute Gasteiger partial charge is 0.388 e. The summed E-state index contributed by atoms with van der Waals surface area (Å²) in [6.07, 6.45) is 4.75. The Morgan fingerprint density at radius 1 is 1.28 bits per heavy atom. The van der Waals surface area contributed by atoms with Crippen LogP contribution in [0, 0.1) is 0 Å². The van der Waals surface area contributed by atoms with Gasteiger partial charge >= 0.3 is 5.69 Å². The molecule has 0 bridgehead atoms. The van der Waals surface area contributed by atoms with Crippen molar-refractivity contribution in [1.29, 1.82) is 0 Å². The molecule has 1 saturated carbocycles. The molecule has 1 aliphatic carbocycles. The number of rotatable bonds is 6. The van der Waals surface area contributed by atoms with Gasteiger partial charge in [0.05, 0.1) is 5.60 Å². The molecule has 3 rings (SSSR count). The van der Waals surface area contributed by atoms with E-state index in [4.69, 9.17) is 0 Å². The highest BCUT2D eigenvalue weighted by Crippen LogP contribution is 2.30. The Hall–Kier alpha value is -2.41. The summed E-state index contributed by atoms with van der Waals surface area (Å²) in [7, 11) is 1.60. The first-order valence-electron chi connectivity index (χ1n) is 8.59. The van der Waals surface area contributed by atoms with E-state index in [0.717, 1.165) is 23.1 Å². The van der Waals surface area contributed by atoms with Crippen molar-refractivity contribution in [3.05, 3.63) is 52.7 Å². The van der Waals surface area contributed by atoms with Crippen LogP contribution in [0.5, 0.6) is 0 Å². The summed E-state index contributed by atoms with van der Waals surface area (Å²) < 4.78 is 2.48. The number of carbonyl (C=O) groups excluding carboxylic acids is 1. The van der Waals surface area contributed by atoms with E-state index >= 15 is 0 Å². The zero-order valence-electron chi connectivity index (χ0n) is 14.5. The predicted octanol–water partition coefficient (Wildman–Crippen LogP) is 0.916. The highest BCUT2D eigenvalue weighted by molar-refractivity contribution is 5.76. The molecule has 0 unspecified atom stereocenters. The molecule has 7 nitrogen and oxygen atoms in total. The monoisotopic (exact) mass is 344 g/mol. The van der Waals surface area contributed by atoms with Crippen molar-refractivity contribution in [1.82, 2.24) is 19.2 Å². The third-order valence-electron chi connectivity index (χ3n) is 4.76. The van der Waals surface area contributed by atoms with Crippen LogP contribution in [0.15, 0.2) is 41.5 Å². The smallest absolute Gasteiger partial charge is 0.345 e. The Morgan fingerprint density at radius 3 is 2.56 bits per heavy atom. The van der Waals surface area contributed by atoms with Crippen LogP contribution >= 0.6 is 0 Å². The van der Waals surface area contributed by atoms with Crippen molar-refractivity contribution in [2.75, 3.05) is 6.54 Å². The molecular formula is C18H24N4O3. The highest BCUT2D eigenvalue weighted by Gasteiger charge is 2.34.